The van der Waals surface area contributed by atoms with E-state index in [9.17, 15) is 0 Å². The monoisotopic (exact) mass is 379 g/mol. The molecule has 2 aromatic rings. The molecule has 0 fully saturated rings. The van der Waals surface area contributed by atoms with Crippen LogP contribution in [0.15, 0.2) is 45.3 Å². The molecule has 0 aliphatic heterocycles. The average molecular weight is 381 g/mol. The standard InChI is InChI=1S/C16H15Br2N/c1-10-2-3-11-4-7-15(13(11)8-10)19-16-9-12(17)5-6-14(16)18/h2-3,5-6,8-9,15,19H,4,7H2,1H3. The lowest BCUT2D eigenvalue weighted by Crippen LogP contribution is -2.07. The van der Waals surface area contributed by atoms with E-state index in [1.54, 1.807) is 0 Å². The van der Waals surface area contributed by atoms with Gasteiger partial charge in [0.15, 0.2) is 0 Å². The highest BCUT2D eigenvalue weighted by Gasteiger charge is 2.22. The number of benzene rings is 2. The van der Waals surface area contributed by atoms with E-state index < -0.39 is 0 Å². The molecule has 0 spiro atoms. The van der Waals surface area contributed by atoms with Crippen molar-refractivity contribution in [3.05, 3.63) is 62.0 Å². The summed E-state index contributed by atoms with van der Waals surface area (Å²) in [5.41, 5.74) is 5.41. The number of hydrogen-bond acceptors (Lipinski definition) is 1. The van der Waals surface area contributed by atoms with Crippen molar-refractivity contribution in [3.63, 3.8) is 0 Å². The maximum Gasteiger partial charge on any atom is 0.0520 e. The molecule has 3 rings (SSSR count). The molecule has 0 bridgehead atoms. The Morgan fingerprint density at radius 2 is 1.95 bits per heavy atom. The van der Waals surface area contributed by atoms with E-state index in [4.69, 9.17) is 0 Å². The van der Waals surface area contributed by atoms with E-state index in [0.717, 1.165) is 21.1 Å². The van der Waals surface area contributed by atoms with Gasteiger partial charge in [0, 0.05) is 8.95 Å². The Morgan fingerprint density at radius 1 is 1.11 bits per heavy atom. The number of anilines is 1. The van der Waals surface area contributed by atoms with Crippen molar-refractivity contribution in [1.82, 2.24) is 0 Å². The molecule has 0 heterocycles. The van der Waals surface area contributed by atoms with Crippen molar-refractivity contribution in [2.75, 3.05) is 5.32 Å². The Kier molecular flexibility index (Phi) is 3.68. The molecule has 3 heteroatoms. The second kappa shape index (κ2) is 5.29. The highest BCUT2D eigenvalue weighted by Crippen LogP contribution is 2.37. The van der Waals surface area contributed by atoms with Crippen LogP contribution in [0.25, 0.3) is 0 Å². The summed E-state index contributed by atoms with van der Waals surface area (Å²) in [6.07, 6.45) is 2.33. The predicted molar refractivity (Wildman–Crippen MR) is 87.7 cm³/mol. The lowest BCUT2D eigenvalue weighted by atomic mass is 10.0. The summed E-state index contributed by atoms with van der Waals surface area (Å²) in [5, 5.41) is 3.66. The summed E-state index contributed by atoms with van der Waals surface area (Å²) in [6, 6.07) is 13.4. The molecule has 2 aromatic carbocycles. The third-order valence-electron chi connectivity index (χ3n) is 3.64. The van der Waals surface area contributed by atoms with E-state index in [2.05, 4.69) is 74.4 Å². The number of fused-ring (bicyclic) bond motifs is 1. The third kappa shape index (κ3) is 2.72. The van der Waals surface area contributed by atoms with Crippen LogP contribution < -0.4 is 5.32 Å². The highest BCUT2D eigenvalue weighted by molar-refractivity contribution is 9.11. The van der Waals surface area contributed by atoms with Gasteiger partial charge >= 0.3 is 0 Å². The van der Waals surface area contributed by atoms with E-state index in [-0.39, 0.29) is 0 Å². The summed E-state index contributed by atoms with van der Waals surface area (Å²) in [4.78, 5) is 0. The van der Waals surface area contributed by atoms with Gasteiger partial charge in [0.05, 0.1) is 11.7 Å². The molecule has 1 aliphatic carbocycles. The zero-order valence-corrected chi connectivity index (χ0v) is 13.9. The Bertz CT molecular complexity index is 622. The fourth-order valence-corrected chi connectivity index (χ4v) is 3.39. The maximum absolute atomic E-state index is 3.66. The molecule has 1 N–H and O–H groups in total. The Balaban J connectivity index is 1.90. The van der Waals surface area contributed by atoms with Gasteiger partial charge in [0.25, 0.3) is 0 Å². The van der Waals surface area contributed by atoms with Crippen molar-refractivity contribution in [3.8, 4) is 0 Å². The molecule has 1 nitrogen and oxygen atoms in total. The van der Waals surface area contributed by atoms with Gasteiger partial charge in [-0.2, -0.15) is 0 Å². The van der Waals surface area contributed by atoms with Crippen LogP contribution in [0.5, 0.6) is 0 Å². The fourth-order valence-electron chi connectivity index (χ4n) is 2.67. The quantitative estimate of drug-likeness (QED) is 0.712. The van der Waals surface area contributed by atoms with Crippen molar-refractivity contribution in [1.29, 1.82) is 0 Å². The van der Waals surface area contributed by atoms with Gasteiger partial charge in [-0.3, -0.25) is 0 Å². The third-order valence-corrected chi connectivity index (χ3v) is 4.82. The average Bonchev–Trinajstić information content (AvgIpc) is 2.77. The lowest BCUT2D eigenvalue weighted by molar-refractivity contribution is 0.761. The first-order valence-electron chi connectivity index (χ1n) is 6.44. The van der Waals surface area contributed by atoms with Crippen LogP contribution in [0, 0.1) is 6.92 Å². The van der Waals surface area contributed by atoms with Crippen LogP contribution >= 0.6 is 31.9 Å². The molecule has 0 amide bonds. The second-order valence-corrected chi connectivity index (χ2v) is 6.83. The number of halogens is 2. The van der Waals surface area contributed by atoms with Crippen LogP contribution in [0.3, 0.4) is 0 Å². The summed E-state index contributed by atoms with van der Waals surface area (Å²) in [6.45, 7) is 2.16. The smallest absolute Gasteiger partial charge is 0.0520 e. The van der Waals surface area contributed by atoms with E-state index in [0.29, 0.717) is 6.04 Å². The molecule has 1 atom stereocenters. The first-order valence-corrected chi connectivity index (χ1v) is 8.03. The molecule has 1 unspecified atom stereocenters. The molecule has 0 saturated heterocycles. The zero-order valence-electron chi connectivity index (χ0n) is 10.7. The maximum atomic E-state index is 3.66. The van der Waals surface area contributed by atoms with Crippen molar-refractivity contribution < 1.29 is 0 Å². The lowest BCUT2D eigenvalue weighted by Gasteiger charge is -2.17. The predicted octanol–water partition coefficient (Wildman–Crippen LogP) is 5.62. The molecule has 98 valence electrons. The number of rotatable bonds is 2. The Hall–Kier alpha value is -0.800. The minimum atomic E-state index is 0.417. The van der Waals surface area contributed by atoms with E-state index in [1.807, 2.05) is 6.07 Å². The summed E-state index contributed by atoms with van der Waals surface area (Å²) in [5.74, 6) is 0. The van der Waals surface area contributed by atoms with E-state index in [1.165, 1.54) is 23.1 Å². The van der Waals surface area contributed by atoms with Gasteiger partial charge < -0.3 is 5.32 Å². The molecule has 0 saturated carbocycles. The second-order valence-electron chi connectivity index (χ2n) is 5.06. The van der Waals surface area contributed by atoms with Crippen LogP contribution in [-0.4, -0.2) is 0 Å². The summed E-state index contributed by atoms with van der Waals surface area (Å²) in [7, 11) is 0. The minimum absolute atomic E-state index is 0.417. The molecule has 0 radical (unpaired) electrons. The first-order chi connectivity index (χ1) is 9.13. The first kappa shape index (κ1) is 13.2. The number of nitrogens with one attached hydrogen (secondary N) is 1. The molecule has 1 aliphatic rings. The molecular formula is C16H15Br2N. The van der Waals surface area contributed by atoms with Crippen LogP contribution in [0.2, 0.25) is 0 Å². The molecule has 19 heavy (non-hydrogen) atoms. The van der Waals surface area contributed by atoms with Gasteiger partial charge in [0.1, 0.15) is 0 Å². The van der Waals surface area contributed by atoms with Gasteiger partial charge in [-0.25, -0.2) is 0 Å². The molecule has 0 aromatic heterocycles. The van der Waals surface area contributed by atoms with Crippen LogP contribution in [0.4, 0.5) is 5.69 Å². The minimum Gasteiger partial charge on any atom is -0.377 e. The van der Waals surface area contributed by atoms with Crippen LogP contribution in [0.1, 0.15) is 29.2 Å². The molecular weight excluding hydrogens is 366 g/mol. The van der Waals surface area contributed by atoms with Crippen molar-refractivity contribution in [2.45, 2.75) is 25.8 Å². The van der Waals surface area contributed by atoms with Gasteiger partial charge in [-0.1, -0.05) is 39.7 Å². The van der Waals surface area contributed by atoms with Crippen molar-refractivity contribution in [2.24, 2.45) is 0 Å². The SMILES string of the molecule is Cc1ccc2c(c1)C(Nc1cc(Br)ccc1Br)CC2. The highest BCUT2D eigenvalue weighted by atomic mass is 79.9. The largest absolute Gasteiger partial charge is 0.377 e. The Morgan fingerprint density at radius 3 is 2.79 bits per heavy atom. The van der Waals surface area contributed by atoms with E-state index >= 15 is 0 Å². The zero-order chi connectivity index (χ0) is 13.4. The fraction of sp³-hybridized carbons (Fsp3) is 0.250. The number of aryl methyl sites for hydroxylation is 2. The van der Waals surface area contributed by atoms with Gasteiger partial charge in [-0.05, 0) is 65.0 Å². The van der Waals surface area contributed by atoms with Gasteiger partial charge in [0.2, 0.25) is 0 Å². The summed E-state index contributed by atoms with van der Waals surface area (Å²) < 4.78 is 2.21. The van der Waals surface area contributed by atoms with Gasteiger partial charge in [-0.15, -0.1) is 0 Å². The normalized spacial score (nSPS) is 17.3. The Labute approximate surface area is 130 Å². The van der Waals surface area contributed by atoms with Crippen LogP contribution in [-0.2, 0) is 6.42 Å². The summed E-state index contributed by atoms with van der Waals surface area (Å²) >= 11 is 7.14. The topological polar surface area (TPSA) is 12.0 Å². The van der Waals surface area contributed by atoms with Crippen molar-refractivity contribution >= 4 is 37.5 Å². The number of hydrogen-bond donors (Lipinski definition) is 1.